The largest absolute Gasteiger partial charge is 0.428 e. The van der Waals surface area contributed by atoms with E-state index in [2.05, 4.69) is 20.3 Å². The highest BCUT2D eigenvalue weighted by Gasteiger charge is 2.22. The van der Waals surface area contributed by atoms with Crippen LogP contribution >= 0.6 is 15.9 Å². The highest BCUT2D eigenvalue weighted by Crippen LogP contribution is 2.28. The number of nitrogens with zero attached hydrogens (tertiary/aromatic N) is 1. The molecular weight excluding hydrogens is 270 g/mol. The maximum atomic E-state index is 11.1. The Hall–Kier alpha value is -0.880. The van der Waals surface area contributed by atoms with Crippen LogP contribution in [0.4, 0.5) is 0 Å². The first kappa shape index (κ1) is 9.67. The van der Waals surface area contributed by atoms with Crippen LogP contribution in [0.25, 0.3) is 0 Å². The SMILES string of the molecule is CC1=NS(=O)(=O)Oc2ccc(Br)cc21. The molecule has 0 aromatic heterocycles. The first-order chi connectivity index (χ1) is 6.48. The molecule has 0 unspecified atom stereocenters. The van der Waals surface area contributed by atoms with Gasteiger partial charge in [0.25, 0.3) is 0 Å². The molecule has 1 aromatic rings. The van der Waals surface area contributed by atoms with Crippen molar-refractivity contribution in [1.82, 2.24) is 0 Å². The van der Waals surface area contributed by atoms with Crippen molar-refractivity contribution >= 4 is 31.9 Å². The van der Waals surface area contributed by atoms with Crippen molar-refractivity contribution in [3.05, 3.63) is 28.2 Å². The van der Waals surface area contributed by atoms with Gasteiger partial charge >= 0.3 is 10.3 Å². The molecule has 0 saturated carbocycles. The Labute approximate surface area is 90.0 Å². The Kier molecular flexibility index (Phi) is 2.11. The Morgan fingerprint density at radius 2 is 2.14 bits per heavy atom. The summed E-state index contributed by atoms with van der Waals surface area (Å²) in [6, 6.07) is 5.07. The van der Waals surface area contributed by atoms with E-state index < -0.39 is 10.3 Å². The van der Waals surface area contributed by atoms with Crippen LogP contribution in [-0.2, 0) is 10.3 Å². The summed E-state index contributed by atoms with van der Waals surface area (Å²) in [6.45, 7) is 1.63. The van der Waals surface area contributed by atoms with Gasteiger partial charge in [-0.1, -0.05) is 15.9 Å². The van der Waals surface area contributed by atoms with Gasteiger partial charge in [0.1, 0.15) is 0 Å². The van der Waals surface area contributed by atoms with Crippen molar-refractivity contribution in [2.45, 2.75) is 6.92 Å². The number of rotatable bonds is 0. The maximum absolute atomic E-state index is 11.1. The molecule has 1 aliphatic heterocycles. The van der Waals surface area contributed by atoms with Gasteiger partial charge in [0.15, 0.2) is 5.75 Å². The zero-order valence-electron chi connectivity index (χ0n) is 7.19. The lowest BCUT2D eigenvalue weighted by Crippen LogP contribution is -2.16. The smallest absolute Gasteiger partial charge is 0.365 e. The molecule has 1 heterocycles. The minimum absolute atomic E-state index is 0.320. The Morgan fingerprint density at radius 1 is 1.43 bits per heavy atom. The summed E-state index contributed by atoms with van der Waals surface area (Å²) in [7, 11) is -3.79. The summed E-state index contributed by atoms with van der Waals surface area (Å²) in [5.41, 5.74) is 1.13. The Morgan fingerprint density at radius 3 is 2.86 bits per heavy atom. The first-order valence-electron chi connectivity index (χ1n) is 3.79. The molecule has 14 heavy (non-hydrogen) atoms. The van der Waals surface area contributed by atoms with E-state index in [-0.39, 0.29) is 0 Å². The Bertz CT molecular complexity index is 521. The molecule has 0 aliphatic carbocycles. The van der Waals surface area contributed by atoms with Crippen molar-refractivity contribution < 1.29 is 12.6 Å². The molecule has 2 rings (SSSR count). The molecule has 0 spiro atoms. The molecule has 0 atom stereocenters. The predicted octanol–water partition coefficient (Wildman–Crippen LogP) is 1.90. The summed E-state index contributed by atoms with van der Waals surface area (Å²) in [4.78, 5) is 0. The van der Waals surface area contributed by atoms with E-state index in [0.29, 0.717) is 17.0 Å². The third kappa shape index (κ3) is 1.67. The zero-order chi connectivity index (χ0) is 10.3. The van der Waals surface area contributed by atoms with Crippen molar-refractivity contribution in [3.63, 3.8) is 0 Å². The second-order valence-corrected chi connectivity index (χ2v) is 4.95. The van der Waals surface area contributed by atoms with Crippen LogP contribution < -0.4 is 4.18 Å². The Balaban J connectivity index is 2.68. The van der Waals surface area contributed by atoms with Crippen LogP contribution in [0.1, 0.15) is 12.5 Å². The predicted molar refractivity (Wildman–Crippen MR) is 55.9 cm³/mol. The van der Waals surface area contributed by atoms with Crippen molar-refractivity contribution in [2.75, 3.05) is 0 Å². The number of hydrogen-bond acceptors (Lipinski definition) is 3. The number of halogens is 1. The molecule has 0 N–H and O–H groups in total. The topological polar surface area (TPSA) is 55.7 Å². The third-order valence-electron chi connectivity index (χ3n) is 1.78. The maximum Gasteiger partial charge on any atom is 0.428 e. The van der Waals surface area contributed by atoms with Gasteiger partial charge in [0.05, 0.1) is 5.71 Å². The van der Waals surface area contributed by atoms with E-state index in [0.717, 1.165) is 4.47 Å². The molecule has 0 radical (unpaired) electrons. The lowest BCUT2D eigenvalue weighted by molar-refractivity contribution is 0.484. The van der Waals surface area contributed by atoms with Gasteiger partial charge in [0, 0.05) is 10.0 Å². The molecule has 1 aromatic carbocycles. The molecule has 74 valence electrons. The van der Waals surface area contributed by atoms with Crippen LogP contribution in [-0.4, -0.2) is 14.1 Å². The summed E-state index contributed by atoms with van der Waals surface area (Å²) in [5.74, 6) is 0.320. The average Bonchev–Trinajstić information content (AvgIpc) is 2.05. The van der Waals surface area contributed by atoms with Gasteiger partial charge in [0.2, 0.25) is 0 Å². The third-order valence-corrected chi connectivity index (χ3v) is 3.16. The summed E-state index contributed by atoms with van der Waals surface area (Å²) in [6.07, 6.45) is 0. The summed E-state index contributed by atoms with van der Waals surface area (Å²) < 4.78 is 31.2. The van der Waals surface area contributed by atoms with Crippen molar-refractivity contribution in [2.24, 2.45) is 4.40 Å². The van der Waals surface area contributed by atoms with Crippen LogP contribution in [0, 0.1) is 0 Å². The molecule has 4 nitrogen and oxygen atoms in total. The standard InChI is InChI=1S/C8H6BrNO3S/c1-5-7-4-6(9)2-3-8(7)13-14(11,12)10-5/h2-4H,1H3. The van der Waals surface area contributed by atoms with Gasteiger partial charge in [-0.05, 0) is 25.1 Å². The number of benzene rings is 1. The fourth-order valence-corrected chi connectivity index (χ4v) is 2.41. The van der Waals surface area contributed by atoms with Crippen LogP contribution in [0.15, 0.2) is 27.1 Å². The van der Waals surface area contributed by atoms with Crippen LogP contribution in [0.2, 0.25) is 0 Å². The van der Waals surface area contributed by atoms with Gasteiger partial charge in [-0.25, -0.2) is 0 Å². The summed E-state index contributed by atoms with van der Waals surface area (Å²) >= 11 is 3.29. The van der Waals surface area contributed by atoms with Gasteiger partial charge < -0.3 is 4.18 Å². The van der Waals surface area contributed by atoms with E-state index in [4.69, 9.17) is 4.18 Å². The van der Waals surface area contributed by atoms with Gasteiger partial charge in [-0.2, -0.15) is 8.42 Å². The molecule has 0 saturated heterocycles. The fourth-order valence-electron chi connectivity index (χ4n) is 1.21. The quantitative estimate of drug-likeness (QED) is 0.727. The highest BCUT2D eigenvalue weighted by atomic mass is 79.9. The minimum Gasteiger partial charge on any atom is -0.365 e. The molecule has 0 fully saturated rings. The molecular formula is C8H6BrNO3S. The lowest BCUT2D eigenvalue weighted by atomic mass is 10.1. The number of fused-ring (bicyclic) bond motifs is 1. The summed E-state index contributed by atoms with van der Waals surface area (Å²) in [5, 5.41) is 0. The van der Waals surface area contributed by atoms with E-state index >= 15 is 0 Å². The fraction of sp³-hybridized carbons (Fsp3) is 0.125. The zero-order valence-corrected chi connectivity index (χ0v) is 9.59. The van der Waals surface area contributed by atoms with Crippen LogP contribution in [0.5, 0.6) is 5.75 Å². The molecule has 1 aliphatic rings. The van der Waals surface area contributed by atoms with E-state index in [1.165, 1.54) is 0 Å². The monoisotopic (exact) mass is 275 g/mol. The van der Waals surface area contributed by atoms with E-state index in [1.54, 1.807) is 25.1 Å². The van der Waals surface area contributed by atoms with Crippen molar-refractivity contribution in [3.8, 4) is 5.75 Å². The van der Waals surface area contributed by atoms with E-state index in [9.17, 15) is 8.42 Å². The lowest BCUT2D eigenvalue weighted by Gasteiger charge is -2.14. The van der Waals surface area contributed by atoms with Gasteiger partial charge in [-0.15, -0.1) is 4.40 Å². The minimum atomic E-state index is -3.79. The molecule has 6 heteroatoms. The second-order valence-electron chi connectivity index (χ2n) is 2.83. The number of hydrogen-bond donors (Lipinski definition) is 0. The molecule has 0 bridgehead atoms. The second kappa shape index (κ2) is 3.06. The normalized spacial score (nSPS) is 18.0. The highest BCUT2D eigenvalue weighted by molar-refractivity contribution is 9.10. The van der Waals surface area contributed by atoms with Gasteiger partial charge in [-0.3, -0.25) is 0 Å². The van der Waals surface area contributed by atoms with Crippen LogP contribution in [0.3, 0.4) is 0 Å². The van der Waals surface area contributed by atoms with Crippen molar-refractivity contribution in [1.29, 1.82) is 0 Å². The molecule has 0 amide bonds. The first-order valence-corrected chi connectivity index (χ1v) is 5.95. The average molecular weight is 276 g/mol. The van der Waals surface area contributed by atoms with E-state index in [1.807, 2.05) is 0 Å².